The van der Waals surface area contributed by atoms with Gasteiger partial charge in [0.2, 0.25) is 6.86 Å². The normalized spacial score (nSPS) is 11.1. The van der Waals surface area contributed by atoms with Gasteiger partial charge in [0, 0.05) is 10.8 Å². The highest BCUT2D eigenvalue weighted by atomic mass is 19.1. The molecular weight excluding hydrogens is 207 g/mol. The molecule has 1 heterocycles. The van der Waals surface area contributed by atoms with Crippen LogP contribution >= 0.6 is 0 Å². The lowest BCUT2D eigenvalue weighted by Gasteiger charge is -1.99. The maximum Gasteiger partial charge on any atom is 0.228 e. The number of hydrogen-bond donors (Lipinski definition) is 0. The summed E-state index contributed by atoms with van der Waals surface area (Å²) in [6.45, 7) is -0.818. The molecule has 0 aliphatic rings. The van der Waals surface area contributed by atoms with Crippen LogP contribution in [0.15, 0.2) is 46.9 Å². The van der Waals surface area contributed by atoms with Crippen molar-refractivity contribution in [2.24, 2.45) is 0 Å². The molecule has 16 heavy (non-hydrogen) atoms. The molecule has 1 aromatic heterocycles. The molecule has 0 spiro atoms. The van der Waals surface area contributed by atoms with Crippen LogP contribution in [0, 0.1) is 0 Å². The zero-order valence-corrected chi connectivity index (χ0v) is 8.44. The fraction of sp³-hybridized carbons (Fsp3) is 0.0769. The predicted molar refractivity (Wildman–Crippen MR) is 60.3 cm³/mol. The van der Waals surface area contributed by atoms with Crippen molar-refractivity contribution in [1.29, 1.82) is 0 Å². The summed E-state index contributed by atoms with van der Waals surface area (Å²) < 4.78 is 22.5. The van der Waals surface area contributed by atoms with Crippen molar-refractivity contribution in [2.45, 2.75) is 0 Å². The van der Waals surface area contributed by atoms with E-state index in [9.17, 15) is 4.39 Å². The van der Waals surface area contributed by atoms with Gasteiger partial charge in [-0.05, 0) is 24.3 Å². The van der Waals surface area contributed by atoms with Crippen LogP contribution in [-0.4, -0.2) is 6.86 Å². The van der Waals surface area contributed by atoms with Crippen molar-refractivity contribution in [3.63, 3.8) is 0 Å². The van der Waals surface area contributed by atoms with Gasteiger partial charge in [-0.1, -0.05) is 18.2 Å². The van der Waals surface area contributed by atoms with Crippen molar-refractivity contribution in [3.8, 4) is 5.75 Å². The monoisotopic (exact) mass is 216 g/mol. The number of furan rings is 1. The molecule has 3 aromatic rings. The van der Waals surface area contributed by atoms with E-state index in [1.165, 1.54) is 0 Å². The van der Waals surface area contributed by atoms with Crippen molar-refractivity contribution >= 4 is 21.9 Å². The molecule has 2 nitrogen and oxygen atoms in total. The Morgan fingerprint density at radius 3 is 2.69 bits per heavy atom. The second-order valence-corrected chi connectivity index (χ2v) is 3.51. The molecule has 3 rings (SSSR count). The number of hydrogen-bond acceptors (Lipinski definition) is 2. The molecule has 3 heteroatoms. The van der Waals surface area contributed by atoms with Gasteiger partial charge in [-0.2, -0.15) is 0 Å². The molecule has 0 atom stereocenters. The minimum absolute atomic E-state index is 0.515. The number of para-hydroxylation sites is 1. The highest BCUT2D eigenvalue weighted by Crippen LogP contribution is 2.31. The Hall–Kier alpha value is -2.03. The maximum absolute atomic E-state index is 12.1. The van der Waals surface area contributed by atoms with Gasteiger partial charge in [-0.15, -0.1) is 0 Å². The number of rotatable bonds is 2. The zero-order valence-electron chi connectivity index (χ0n) is 8.44. The van der Waals surface area contributed by atoms with E-state index in [2.05, 4.69) is 0 Å². The van der Waals surface area contributed by atoms with Crippen LogP contribution in [-0.2, 0) is 0 Å². The van der Waals surface area contributed by atoms with E-state index in [0.717, 1.165) is 21.9 Å². The summed E-state index contributed by atoms with van der Waals surface area (Å²) in [5.74, 6) is 0.515. The average molecular weight is 216 g/mol. The van der Waals surface area contributed by atoms with E-state index in [1.807, 2.05) is 24.3 Å². The smallest absolute Gasteiger partial charge is 0.228 e. The van der Waals surface area contributed by atoms with Crippen molar-refractivity contribution in [2.75, 3.05) is 6.86 Å². The van der Waals surface area contributed by atoms with E-state index in [-0.39, 0.29) is 0 Å². The summed E-state index contributed by atoms with van der Waals surface area (Å²) in [5, 5.41) is 1.96. The third-order valence-corrected chi connectivity index (χ3v) is 2.57. The molecule has 0 saturated heterocycles. The Morgan fingerprint density at radius 1 is 1.00 bits per heavy atom. The van der Waals surface area contributed by atoms with Gasteiger partial charge in [0.1, 0.15) is 16.9 Å². The molecule has 0 bridgehead atoms. The molecule has 0 aliphatic carbocycles. The van der Waals surface area contributed by atoms with E-state index in [0.29, 0.717) is 5.75 Å². The number of ether oxygens (including phenoxy) is 1. The van der Waals surface area contributed by atoms with Crippen molar-refractivity contribution in [1.82, 2.24) is 0 Å². The number of halogens is 1. The van der Waals surface area contributed by atoms with Crippen LogP contribution in [0.25, 0.3) is 21.9 Å². The summed E-state index contributed by atoms with van der Waals surface area (Å²) in [4.78, 5) is 0. The van der Waals surface area contributed by atoms with Crippen LogP contribution in [0.3, 0.4) is 0 Å². The Labute approximate surface area is 91.2 Å². The molecule has 0 radical (unpaired) electrons. The van der Waals surface area contributed by atoms with Gasteiger partial charge in [-0.25, -0.2) is 4.39 Å². The topological polar surface area (TPSA) is 22.4 Å². The quantitative estimate of drug-likeness (QED) is 0.648. The number of benzene rings is 2. The van der Waals surface area contributed by atoms with Gasteiger partial charge < -0.3 is 9.15 Å². The van der Waals surface area contributed by atoms with Gasteiger partial charge in [0.15, 0.2) is 0 Å². The van der Waals surface area contributed by atoms with Crippen LogP contribution in [0.1, 0.15) is 0 Å². The number of fused-ring (bicyclic) bond motifs is 3. The first-order chi connectivity index (χ1) is 7.88. The largest absolute Gasteiger partial charge is 0.463 e. The Kier molecular flexibility index (Phi) is 2.03. The van der Waals surface area contributed by atoms with E-state index >= 15 is 0 Å². The van der Waals surface area contributed by atoms with Crippen LogP contribution in [0.2, 0.25) is 0 Å². The Bertz CT molecular complexity index is 643. The molecular formula is C13H9FO2. The van der Waals surface area contributed by atoms with Gasteiger partial charge >= 0.3 is 0 Å². The zero-order chi connectivity index (χ0) is 11.0. The first kappa shape index (κ1) is 9.21. The SMILES string of the molecule is FCOc1ccc2oc3ccccc3c2c1. The van der Waals surface area contributed by atoms with Crippen molar-refractivity contribution in [3.05, 3.63) is 42.5 Å². The fourth-order valence-corrected chi connectivity index (χ4v) is 1.86. The number of alkyl halides is 1. The Balaban J connectivity index is 2.31. The summed E-state index contributed by atoms with van der Waals surface area (Å²) in [6, 6.07) is 13.0. The second-order valence-electron chi connectivity index (χ2n) is 3.51. The van der Waals surface area contributed by atoms with Crippen LogP contribution in [0.4, 0.5) is 4.39 Å². The predicted octanol–water partition coefficient (Wildman–Crippen LogP) is 3.89. The standard InChI is InChI=1S/C13H9FO2/c14-8-15-9-5-6-13-11(7-9)10-3-1-2-4-12(10)16-13/h1-7H,8H2. The summed E-state index contributed by atoms with van der Waals surface area (Å²) in [5.41, 5.74) is 1.61. The van der Waals surface area contributed by atoms with Gasteiger partial charge in [0.05, 0.1) is 0 Å². The molecule has 80 valence electrons. The maximum atomic E-state index is 12.1. The molecule has 0 N–H and O–H groups in total. The molecule has 0 saturated carbocycles. The van der Waals surface area contributed by atoms with Gasteiger partial charge in [-0.3, -0.25) is 0 Å². The highest BCUT2D eigenvalue weighted by Gasteiger charge is 2.06. The molecule has 0 aliphatic heterocycles. The molecule has 0 fully saturated rings. The van der Waals surface area contributed by atoms with E-state index < -0.39 is 6.86 Å². The fourth-order valence-electron chi connectivity index (χ4n) is 1.86. The minimum atomic E-state index is -0.818. The van der Waals surface area contributed by atoms with E-state index in [1.54, 1.807) is 18.2 Å². The lowest BCUT2D eigenvalue weighted by molar-refractivity contribution is 0.192. The lowest BCUT2D eigenvalue weighted by atomic mass is 10.1. The Morgan fingerprint density at radius 2 is 1.81 bits per heavy atom. The average Bonchev–Trinajstić information content (AvgIpc) is 2.68. The second kappa shape index (κ2) is 3.52. The summed E-state index contributed by atoms with van der Waals surface area (Å²) in [7, 11) is 0. The third-order valence-electron chi connectivity index (χ3n) is 2.57. The van der Waals surface area contributed by atoms with Crippen LogP contribution < -0.4 is 4.74 Å². The molecule has 0 unspecified atom stereocenters. The summed E-state index contributed by atoms with van der Waals surface area (Å²) in [6.07, 6.45) is 0. The van der Waals surface area contributed by atoms with Gasteiger partial charge in [0.25, 0.3) is 0 Å². The molecule has 2 aromatic carbocycles. The highest BCUT2D eigenvalue weighted by molar-refractivity contribution is 6.05. The summed E-state index contributed by atoms with van der Waals surface area (Å²) >= 11 is 0. The molecule has 0 amide bonds. The van der Waals surface area contributed by atoms with Crippen LogP contribution in [0.5, 0.6) is 5.75 Å². The lowest BCUT2D eigenvalue weighted by Crippen LogP contribution is -1.88. The minimum Gasteiger partial charge on any atom is -0.463 e. The first-order valence-electron chi connectivity index (χ1n) is 4.98. The van der Waals surface area contributed by atoms with Crippen molar-refractivity contribution < 1.29 is 13.5 Å². The van der Waals surface area contributed by atoms with E-state index in [4.69, 9.17) is 9.15 Å². The third kappa shape index (κ3) is 1.33. The first-order valence-corrected chi connectivity index (χ1v) is 4.98.